The van der Waals surface area contributed by atoms with Crippen LogP contribution in [0.25, 0.3) is 0 Å². The lowest BCUT2D eigenvalue weighted by atomic mass is 10.1. The van der Waals surface area contributed by atoms with Crippen molar-refractivity contribution < 1.29 is 22.0 Å². The minimum atomic E-state index is -2.22. The van der Waals surface area contributed by atoms with Gasteiger partial charge in [-0.15, -0.1) is 0 Å². The van der Waals surface area contributed by atoms with Crippen LogP contribution >= 0.6 is 35.4 Å². The standard InChI is InChI=1S/C17H9Cl2F5N4S/c18-8-2-1-3-9(11(8)19)25-17(29)26-10-4-5-28(27-10)6-7-12(20)14(22)16(24)15(23)13(7)21/h1-5H,6H2,(H2,25,26,27,29). The molecule has 0 aliphatic rings. The lowest BCUT2D eigenvalue weighted by molar-refractivity contribution is 0.367. The first-order chi connectivity index (χ1) is 13.7. The number of aromatic nitrogens is 2. The number of nitrogens with one attached hydrogen (secondary N) is 2. The zero-order chi connectivity index (χ0) is 21.3. The molecule has 4 nitrogen and oxygen atoms in total. The molecule has 12 heteroatoms. The van der Waals surface area contributed by atoms with Gasteiger partial charge in [-0.1, -0.05) is 29.3 Å². The molecule has 0 saturated carbocycles. The number of anilines is 2. The van der Waals surface area contributed by atoms with Crippen LogP contribution in [0.3, 0.4) is 0 Å². The smallest absolute Gasteiger partial charge is 0.200 e. The van der Waals surface area contributed by atoms with E-state index >= 15 is 0 Å². The maximum Gasteiger partial charge on any atom is 0.200 e. The molecule has 152 valence electrons. The molecule has 0 unspecified atom stereocenters. The molecule has 0 amide bonds. The molecule has 29 heavy (non-hydrogen) atoms. The molecule has 3 rings (SSSR count). The van der Waals surface area contributed by atoms with Gasteiger partial charge in [0, 0.05) is 12.3 Å². The summed E-state index contributed by atoms with van der Waals surface area (Å²) < 4.78 is 68.3. The molecule has 0 saturated heterocycles. The van der Waals surface area contributed by atoms with Crippen molar-refractivity contribution >= 4 is 52.0 Å². The highest BCUT2D eigenvalue weighted by Gasteiger charge is 2.25. The average Bonchev–Trinajstić information content (AvgIpc) is 3.12. The predicted octanol–water partition coefficient (Wildman–Crippen LogP) is 5.74. The van der Waals surface area contributed by atoms with Crippen LogP contribution in [0.2, 0.25) is 10.0 Å². The van der Waals surface area contributed by atoms with Gasteiger partial charge in [-0.25, -0.2) is 22.0 Å². The molecular weight excluding hydrogens is 458 g/mol. The van der Waals surface area contributed by atoms with Gasteiger partial charge >= 0.3 is 0 Å². The van der Waals surface area contributed by atoms with Crippen LogP contribution in [0.5, 0.6) is 0 Å². The summed E-state index contributed by atoms with van der Waals surface area (Å²) in [6.07, 6.45) is 1.27. The number of nitrogens with zero attached hydrogens (tertiary/aromatic N) is 2. The normalized spacial score (nSPS) is 10.9. The Morgan fingerprint density at radius 3 is 2.21 bits per heavy atom. The van der Waals surface area contributed by atoms with Gasteiger partial charge in [0.2, 0.25) is 5.82 Å². The fraction of sp³-hybridized carbons (Fsp3) is 0.0588. The Balaban J connectivity index is 1.74. The summed E-state index contributed by atoms with van der Waals surface area (Å²) in [5.74, 6) is -9.94. The number of thiocarbonyl (C=S) groups is 1. The van der Waals surface area contributed by atoms with Gasteiger partial charge < -0.3 is 10.6 Å². The summed E-state index contributed by atoms with van der Waals surface area (Å²) in [6, 6.07) is 6.26. The molecule has 0 spiro atoms. The number of rotatable bonds is 4. The summed E-state index contributed by atoms with van der Waals surface area (Å²) in [6.45, 7) is -0.687. The van der Waals surface area contributed by atoms with Gasteiger partial charge in [0.25, 0.3) is 0 Å². The first-order valence-electron chi connectivity index (χ1n) is 7.74. The largest absolute Gasteiger partial charge is 0.331 e. The third-order valence-electron chi connectivity index (χ3n) is 3.70. The van der Waals surface area contributed by atoms with Crippen molar-refractivity contribution in [1.82, 2.24) is 9.78 Å². The van der Waals surface area contributed by atoms with Crippen molar-refractivity contribution in [2.24, 2.45) is 0 Å². The molecule has 0 aliphatic carbocycles. The van der Waals surface area contributed by atoms with Gasteiger partial charge in [-0.05, 0) is 24.4 Å². The Kier molecular flexibility index (Phi) is 6.25. The van der Waals surface area contributed by atoms with Crippen molar-refractivity contribution in [1.29, 1.82) is 0 Å². The first-order valence-corrected chi connectivity index (χ1v) is 8.91. The highest BCUT2D eigenvalue weighted by molar-refractivity contribution is 7.80. The van der Waals surface area contributed by atoms with Crippen molar-refractivity contribution in [3.05, 3.63) is 75.2 Å². The fourth-order valence-electron chi connectivity index (χ4n) is 2.34. The first kappa shape index (κ1) is 21.3. The number of benzene rings is 2. The third kappa shape index (κ3) is 4.44. The zero-order valence-electron chi connectivity index (χ0n) is 14.0. The number of hydrogen-bond acceptors (Lipinski definition) is 2. The zero-order valence-corrected chi connectivity index (χ0v) is 16.4. The van der Waals surface area contributed by atoms with Crippen LogP contribution in [0.15, 0.2) is 30.5 Å². The van der Waals surface area contributed by atoms with Crippen molar-refractivity contribution in [2.45, 2.75) is 6.54 Å². The lowest BCUT2D eigenvalue weighted by Gasteiger charge is -2.11. The second kappa shape index (κ2) is 8.52. The monoisotopic (exact) mass is 466 g/mol. The minimum absolute atomic E-state index is 0.0793. The van der Waals surface area contributed by atoms with E-state index in [1.165, 1.54) is 12.3 Å². The highest BCUT2D eigenvalue weighted by Crippen LogP contribution is 2.29. The van der Waals surface area contributed by atoms with E-state index in [1.54, 1.807) is 18.2 Å². The molecule has 0 aliphatic heterocycles. The van der Waals surface area contributed by atoms with E-state index in [2.05, 4.69) is 15.7 Å². The van der Waals surface area contributed by atoms with Crippen LogP contribution in [0.4, 0.5) is 33.5 Å². The van der Waals surface area contributed by atoms with Crippen molar-refractivity contribution in [3.8, 4) is 0 Å². The minimum Gasteiger partial charge on any atom is -0.331 e. The third-order valence-corrected chi connectivity index (χ3v) is 4.73. The number of hydrogen-bond donors (Lipinski definition) is 2. The van der Waals surface area contributed by atoms with E-state index in [-0.39, 0.29) is 16.0 Å². The van der Waals surface area contributed by atoms with Crippen LogP contribution in [-0.4, -0.2) is 14.9 Å². The van der Waals surface area contributed by atoms with Gasteiger partial charge in [0.05, 0.1) is 27.8 Å². The molecule has 2 aromatic carbocycles. The molecular formula is C17H9Cl2F5N4S. The van der Waals surface area contributed by atoms with Gasteiger partial charge in [0.15, 0.2) is 34.2 Å². The van der Waals surface area contributed by atoms with Crippen molar-refractivity contribution in [2.75, 3.05) is 10.6 Å². The Bertz CT molecular complexity index is 1080. The fourth-order valence-corrected chi connectivity index (χ4v) is 2.90. The Hall–Kier alpha value is -2.43. The average molecular weight is 467 g/mol. The Morgan fingerprint density at radius 1 is 0.931 bits per heavy atom. The summed E-state index contributed by atoms with van der Waals surface area (Å²) in [7, 11) is 0. The summed E-state index contributed by atoms with van der Waals surface area (Å²) in [5.41, 5.74) is -0.583. The summed E-state index contributed by atoms with van der Waals surface area (Å²) in [5, 5.41) is 10.1. The molecule has 1 heterocycles. The van der Waals surface area contributed by atoms with Gasteiger partial charge in [0.1, 0.15) is 0 Å². The maximum absolute atomic E-state index is 13.8. The summed E-state index contributed by atoms with van der Waals surface area (Å²) >= 11 is 17.1. The van der Waals surface area contributed by atoms with E-state index in [9.17, 15) is 22.0 Å². The molecule has 2 N–H and O–H groups in total. The molecule has 0 fully saturated rings. The number of halogens is 7. The van der Waals surface area contributed by atoms with Crippen LogP contribution in [0.1, 0.15) is 5.56 Å². The van der Waals surface area contributed by atoms with Crippen molar-refractivity contribution in [3.63, 3.8) is 0 Å². The molecule has 3 aromatic rings. The highest BCUT2D eigenvalue weighted by atomic mass is 35.5. The Morgan fingerprint density at radius 2 is 1.55 bits per heavy atom. The van der Waals surface area contributed by atoms with Gasteiger partial charge in [-0.3, -0.25) is 4.68 Å². The second-order valence-corrected chi connectivity index (χ2v) is 6.82. The maximum atomic E-state index is 13.8. The molecule has 0 bridgehead atoms. The van der Waals surface area contributed by atoms with E-state index in [0.717, 1.165) is 4.68 Å². The van der Waals surface area contributed by atoms with E-state index < -0.39 is 41.2 Å². The predicted molar refractivity (Wildman–Crippen MR) is 104 cm³/mol. The Labute approximate surface area is 176 Å². The van der Waals surface area contributed by atoms with Crippen LogP contribution < -0.4 is 10.6 Å². The SMILES string of the molecule is Fc1c(F)c(F)c(Cn2ccc(NC(=S)Nc3cccc(Cl)c3Cl)n2)c(F)c1F. The van der Waals surface area contributed by atoms with Crippen LogP contribution in [0, 0.1) is 29.1 Å². The van der Waals surface area contributed by atoms with Crippen LogP contribution in [-0.2, 0) is 6.54 Å². The quantitative estimate of drug-likeness (QED) is 0.222. The van der Waals surface area contributed by atoms with E-state index in [4.69, 9.17) is 35.4 Å². The molecule has 0 radical (unpaired) electrons. The molecule has 0 atom stereocenters. The van der Waals surface area contributed by atoms with E-state index in [1.807, 2.05) is 0 Å². The lowest BCUT2D eigenvalue weighted by Crippen LogP contribution is -2.20. The topological polar surface area (TPSA) is 41.9 Å². The summed E-state index contributed by atoms with van der Waals surface area (Å²) in [4.78, 5) is 0. The molecule has 1 aromatic heterocycles. The van der Waals surface area contributed by atoms with E-state index in [0.29, 0.717) is 10.7 Å². The van der Waals surface area contributed by atoms with Gasteiger partial charge in [-0.2, -0.15) is 5.10 Å². The second-order valence-electron chi connectivity index (χ2n) is 5.63.